The number of hydrogen-bond acceptors (Lipinski definition) is 6. The molecule has 1 N–H and O–H groups in total. The summed E-state index contributed by atoms with van der Waals surface area (Å²) in [6.07, 6.45) is 8.83. The van der Waals surface area contributed by atoms with Gasteiger partial charge in [-0.15, -0.1) is 11.3 Å². The largest absolute Gasteiger partial charge is 0.339 e. The summed E-state index contributed by atoms with van der Waals surface area (Å²) in [5.74, 6) is 1.37. The quantitative estimate of drug-likeness (QED) is 0.931. The van der Waals surface area contributed by atoms with Gasteiger partial charge in [0.05, 0.1) is 10.4 Å². The van der Waals surface area contributed by atoms with E-state index in [9.17, 15) is 0 Å². The van der Waals surface area contributed by atoms with Gasteiger partial charge in [0.2, 0.25) is 11.7 Å². The smallest absolute Gasteiger partial charge is 0.228 e. The minimum Gasteiger partial charge on any atom is -0.339 e. The number of nitrogens with zero attached hydrogens (tertiary/aromatic N) is 3. The molecule has 0 unspecified atom stereocenters. The first-order chi connectivity index (χ1) is 9.31. The van der Waals surface area contributed by atoms with Crippen molar-refractivity contribution in [3.05, 3.63) is 17.6 Å². The number of nitrogens with one attached hydrogen (secondary N) is 1. The molecular formula is C13H18N4OS. The predicted molar refractivity (Wildman–Crippen MR) is 74.0 cm³/mol. The molecule has 0 saturated heterocycles. The van der Waals surface area contributed by atoms with Crippen LogP contribution in [0.25, 0.3) is 10.7 Å². The van der Waals surface area contributed by atoms with Crippen LogP contribution in [0, 0.1) is 0 Å². The maximum Gasteiger partial charge on any atom is 0.228 e. The molecule has 2 heterocycles. The minimum absolute atomic E-state index is 0.135. The van der Waals surface area contributed by atoms with Crippen LogP contribution >= 0.6 is 11.3 Å². The summed E-state index contributed by atoms with van der Waals surface area (Å²) in [4.78, 5) is 9.49. The summed E-state index contributed by atoms with van der Waals surface area (Å²) in [5.41, 5.74) is 1.91. The van der Waals surface area contributed by atoms with Crippen molar-refractivity contribution in [3.63, 3.8) is 0 Å². The van der Waals surface area contributed by atoms with Crippen LogP contribution in [0.3, 0.4) is 0 Å². The lowest BCUT2D eigenvalue weighted by Gasteiger charge is -2.36. The van der Waals surface area contributed by atoms with E-state index in [4.69, 9.17) is 4.52 Å². The fraction of sp³-hybridized carbons (Fsp3) is 0.615. The second kappa shape index (κ2) is 5.38. The highest BCUT2D eigenvalue weighted by molar-refractivity contribution is 7.13. The molecule has 1 aliphatic carbocycles. The molecular weight excluding hydrogens is 260 g/mol. The van der Waals surface area contributed by atoms with Gasteiger partial charge in [0, 0.05) is 18.2 Å². The fourth-order valence-electron chi connectivity index (χ4n) is 2.79. The highest BCUT2D eigenvalue weighted by Gasteiger charge is 2.32. The van der Waals surface area contributed by atoms with E-state index in [0.29, 0.717) is 5.82 Å². The maximum absolute atomic E-state index is 5.40. The Bertz CT molecular complexity index is 516. The van der Waals surface area contributed by atoms with Gasteiger partial charge in [0.1, 0.15) is 0 Å². The number of thiazole rings is 1. The Morgan fingerprint density at radius 3 is 2.89 bits per heavy atom. The van der Waals surface area contributed by atoms with Crippen LogP contribution < -0.4 is 5.32 Å². The van der Waals surface area contributed by atoms with E-state index in [2.05, 4.69) is 20.4 Å². The minimum atomic E-state index is 0.135. The van der Waals surface area contributed by atoms with Gasteiger partial charge in [-0.3, -0.25) is 4.98 Å². The molecule has 6 heteroatoms. The van der Waals surface area contributed by atoms with Crippen LogP contribution in [0.1, 0.15) is 38.0 Å². The zero-order valence-electron chi connectivity index (χ0n) is 11.1. The van der Waals surface area contributed by atoms with Crippen molar-refractivity contribution in [3.8, 4) is 10.7 Å². The van der Waals surface area contributed by atoms with E-state index in [1.54, 1.807) is 11.7 Å². The lowest BCUT2D eigenvalue weighted by molar-refractivity contribution is 0.221. The molecule has 5 nitrogen and oxygen atoms in total. The first kappa shape index (κ1) is 12.7. The van der Waals surface area contributed by atoms with Crippen LogP contribution in [-0.2, 0) is 6.42 Å². The van der Waals surface area contributed by atoms with E-state index >= 15 is 0 Å². The Hall–Kier alpha value is -1.27. The molecule has 2 aromatic heterocycles. The average Bonchev–Trinajstić information content (AvgIpc) is 3.10. The second-order valence-corrected chi connectivity index (χ2v) is 6.03. The third-order valence-electron chi connectivity index (χ3n) is 3.95. The number of hydrogen-bond donors (Lipinski definition) is 1. The Kier molecular flexibility index (Phi) is 3.61. The Balaban J connectivity index is 1.76. The van der Waals surface area contributed by atoms with Gasteiger partial charge in [0.25, 0.3) is 0 Å². The standard InChI is InChI=1S/C13H18N4OS/c1-14-13(5-3-2-4-6-13)7-11-16-12(17-18-11)10-8-15-9-19-10/h8-9,14H,2-7H2,1H3. The molecule has 0 radical (unpaired) electrons. The van der Waals surface area contributed by atoms with E-state index in [1.807, 2.05) is 7.05 Å². The van der Waals surface area contributed by atoms with Crippen molar-refractivity contribution in [1.82, 2.24) is 20.4 Å². The fourth-order valence-corrected chi connectivity index (χ4v) is 3.33. The van der Waals surface area contributed by atoms with Gasteiger partial charge in [-0.25, -0.2) is 0 Å². The summed E-state index contributed by atoms with van der Waals surface area (Å²) in [5, 5.41) is 7.52. The third kappa shape index (κ3) is 2.69. The molecule has 1 saturated carbocycles. The van der Waals surface area contributed by atoms with Gasteiger partial charge < -0.3 is 9.84 Å². The lowest BCUT2D eigenvalue weighted by Crippen LogP contribution is -2.46. The van der Waals surface area contributed by atoms with Crippen molar-refractivity contribution < 1.29 is 4.52 Å². The van der Waals surface area contributed by atoms with Crippen LogP contribution in [0.15, 0.2) is 16.2 Å². The van der Waals surface area contributed by atoms with Crippen LogP contribution in [-0.4, -0.2) is 27.7 Å². The Labute approximate surface area is 116 Å². The van der Waals surface area contributed by atoms with Crippen LogP contribution in [0.2, 0.25) is 0 Å². The maximum atomic E-state index is 5.40. The van der Waals surface area contributed by atoms with Crippen molar-refractivity contribution in [2.45, 2.75) is 44.1 Å². The van der Waals surface area contributed by atoms with Crippen molar-refractivity contribution >= 4 is 11.3 Å². The normalized spacial score (nSPS) is 18.6. The van der Waals surface area contributed by atoms with Gasteiger partial charge in [-0.2, -0.15) is 4.98 Å². The van der Waals surface area contributed by atoms with Gasteiger partial charge in [0.15, 0.2) is 0 Å². The highest BCUT2D eigenvalue weighted by Crippen LogP contribution is 2.31. The molecule has 0 amide bonds. The summed E-state index contributed by atoms with van der Waals surface area (Å²) in [7, 11) is 2.03. The Morgan fingerprint density at radius 1 is 1.37 bits per heavy atom. The first-order valence-electron chi connectivity index (χ1n) is 6.72. The summed E-state index contributed by atoms with van der Waals surface area (Å²) in [6, 6.07) is 0. The average molecular weight is 278 g/mol. The number of aromatic nitrogens is 3. The van der Waals surface area contributed by atoms with Gasteiger partial charge in [-0.05, 0) is 19.9 Å². The zero-order chi connectivity index (χ0) is 13.1. The van der Waals surface area contributed by atoms with Crippen molar-refractivity contribution in [2.24, 2.45) is 0 Å². The monoisotopic (exact) mass is 278 g/mol. The first-order valence-corrected chi connectivity index (χ1v) is 7.60. The van der Waals surface area contributed by atoms with Crippen molar-refractivity contribution in [1.29, 1.82) is 0 Å². The molecule has 0 atom stereocenters. The molecule has 1 aliphatic rings. The van der Waals surface area contributed by atoms with Gasteiger partial charge >= 0.3 is 0 Å². The summed E-state index contributed by atoms with van der Waals surface area (Å²) >= 11 is 1.53. The highest BCUT2D eigenvalue weighted by atomic mass is 32.1. The summed E-state index contributed by atoms with van der Waals surface area (Å²) in [6.45, 7) is 0. The van der Waals surface area contributed by atoms with Crippen LogP contribution in [0.4, 0.5) is 0 Å². The number of rotatable bonds is 4. The van der Waals surface area contributed by atoms with E-state index in [-0.39, 0.29) is 5.54 Å². The Morgan fingerprint density at radius 2 is 2.21 bits per heavy atom. The second-order valence-electron chi connectivity index (χ2n) is 5.15. The van der Waals surface area contributed by atoms with Crippen molar-refractivity contribution in [2.75, 3.05) is 7.05 Å². The molecule has 0 bridgehead atoms. The predicted octanol–water partition coefficient (Wildman–Crippen LogP) is 2.66. The molecule has 0 aliphatic heterocycles. The van der Waals surface area contributed by atoms with E-state index in [0.717, 1.165) is 17.2 Å². The molecule has 2 aromatic rings. The molecule has 1 fully saturated rings. The molecule has 102 valence electrons. The van der Waals surface area contributed by atoms with Gasteiger partial charge in [-0.1, -0.05) is 24.4 Å². The number of likely N-dealkylation sites (N-methyl/N-ethyl adjacent to an activating group) is 1. The summed E-state index contributed by atoms with van der Waals surface area (Å²) < 4.78 is 5.40. The lowest BCUT2D eigenvalue weighted by atomic mass is 9.79. The zero-order valence-corrected chi connectivity index (χ0v) is 11.9. The molecule has 0 spiro atoms. The molecule has 3 rings (SSSR count). The van der Waals surface area contributed by atoms with E-state index < -0.39 is 0 Å². The van der Waals surface area contributed by atoms with Crippen LogP contribution in [0.5, 0.6) is 0 Å². The topological polar surface area (TPSA) is 63.8 Å². The molecule has 0 aromatic carbocycles. The SMILES string of the molecule is CNC1(Cc2nc(-c3cncs3)no2)CCCCC1. The van der Waals surface area contributed by atoms with E-state index in [1.165, 1.54) is 43.4 Å². The third-order valence-corrected chi connectivity index (χ3v) is 4.72. The molecule has 19 heavy (non-hydrogen) atoms.